The maximum absolute atomic E-state index is 13.0. The van der Waals surface area contributed by atoms with E-state index in [-0.39, 0.29) is 11.8 Å². The van der Waals surface area contributed by atoms with Gasteiger partial charge in [0.15, 0.2) is 5.13 Å². The summed E-state index contributed by atoms with van der Waals surface area (Å²) < 4.78 is 0. The van der Waals surface area contributed by atoms with Gasteiger partial charge >= 0.3 is 0 Å². The molecule has 29 heavy (non-hydrogen) atoms. The molecule has 0 aliphatic heterocycles. The highest BCUT2D eigenvalue weighted by Gasteiger charge is 2.21. The number of hydrogen-bond acceptors (Lipinski definition) is 5. The molecule has 1 N–H and O–H groups in total. The van der Waals surface area contributed by atoms with Crippen LogP contribution >= 0.6 is 22.7 Å². The van der Waals surface area contributed by atoms with Crippen LogP contribution in [-0.2, 0) is 12.8 Å². The van der Waals surface area contributed by atoms with Crippen molar-refractivity contribution >= 4 is 45.3 Å². The molecule has 1 aromatic carbocycles. The third kappa shape index (κ3) is 4.41. The smallest absolute Gasteiger partial charge is 0.268 e. The van der Waals surface area contributed by atoms with Gasteiger partial charge in [-0.2, -0.15) is 0 Å². The van der Waals surface area contributed by atoms with Crippen LogP contribution in [0.3, 0.4) is 0 Å². The normalized spacial score (nSPS) is 13.8. The molecule has 0 unspecified atom stereocenters. The average Bonchev–Trinajstić information content (AvgIpc) is 3.37. The average molecular weight is 426 g/mol. The lowest BCUT2D eigenvalue weighted by Crippen LogP contribution is -2.28. The Morgan fingerprint density at radius 1 is 1.03 bits per heavy atom. The van der Waals surface area contributed by atoms with Crippen molar-refractivity contribution in [1.82, 2.24) is 4.98 Å². The molecule has 150 valence electrons. The first-order chi connectivity index (χ1) is 14.1. The summed E-state index contributed by atoms with van der Waals surface area (Å²) in [5, 5.41) is 5.47. The molecule has 0 bridgehead atoms. The van der Waals surface area contributed by atoms with Gasteiger partial charge in [-0.1, -0.05) is 31.0 Å². The summed E-state index contributed by atoms with van der Waals surface area (Å²) >= 11 is 2.97. The zero-order chi connectivity index (χ0) is 20.2. The number of carbonyl (C=O) groups excluding carboxylic acids is 2. The molecular weight excluding hydrogens is 402 g/mol. The highest BCUT2D eigenvalue weighted by atomic mass is 32.1. The van der Waals surface area contributed by atoms with Crippen molar-refractivity contribution in [2.75, 3.05) is 17.3 Å². The highest BCUT2D eigenvalue weighted by molar-refractivity contribution is 7.15. The second-order valence-corrected chi connectivity index (χ2v) is 9.15. The lowest BCUT2D eigenvalue weighted by molar-refractivity contribution is 0.0996. The Hall–Kier alpha value is -2.51. The molecule has 0 radical (unpaired) electrons. The van der Waals surface area contributed by atoms with Gasteiger partial charge in [-0.3, -0.25) is 14.9 Å². The molecule has 3 aromatic rings. The molecule has 0 fully saturated rings. The van der Waals surface area contributed by atoms with E-state index in [1.165, 1.54) is 40.4 Å². The van der Waals surface area contributed by atoms with Crippen molar-refractivity contribution in [1.29, 1.82) is 0 Å². The molecular formula is C22H23N3O2S2. The minimum atomic E-state index is -0.242. The standard InChI is InChI=1S/C22H23N3O2S2/c1-25(21(27)19-13-8-14-28-19)17-11-7-6-9-15(17)20(26)24-22-23-16-10-4-2-3-5-12-18(16)29-22/h6-9,11,13-14H,2-5,10,12H2,1H3,(H,23,24,26). The number of nitrogens with zero attached hydrogens (tertiary/aromatic N) is 2. The summed E-state index contributed by atoms with van der Waals surface area (Å²) in [6.07, 6.45) is 6.87. The van der Waals surface area contributed by atoms with Crippen LogP contribution in [0.1, 0.15) is 56.3 Å². The summed E-state index contributed by atoms with van der Waals surface area (Å²) in [6, 6.07) is 10.8. The number of aryl methyl sites for hydroxylation is 2. The summed E-state index contributed by atoms with van der Waals surface area (Å²) in [5.41, 5.74) is 2.17. The fourth-order valence-electron chi connectivity index (χ4n) is 3.56. The summed E-state index contributed by atoms with van der Waals surface area (Å²) in [7, 11) is 1.70. The molecule has 7 heteroatoms. The third-order valence-corrected chi connectivity index (χ3v) is 7.04. The van der Waals surface area contributed by atoms with E-state index in [4.69, 9.17) is 0 Å². The Bertz CT molecular complexity index is 986. The largest absolute Gasteiger partial charge is 0.310 e. The Morgan fingerprint density at radius 3 is 2.62 bits per heavy atom. The predicted molar refractivity (Wildman–Crippen MR) is 119 cm³/mol. The second-order valence-electron chi connectivity index (χ2n) is 7.12. The van der Waals surface area contributed by atoms with Gasteiger partial charge < -0.3 is 4.90 Å². The number of thiazole rings is 1. The molecule has 1 aliphatic rings. The Kier molecular flexibility index (Phi) is 6.06. The topological polar surface area (TPSA) is 62.3 Å². The van der Waals surface area contributed by atoms with Gasteiger partial charge in [-0.05, 0) is 49.3 Å². The SMILES string of the molecule is CN(C(=O)c1cccs1)c1ccccc1C(=O)Nc1nc2c(s1)CCCCCC2. The van der Waals surface area contributed by atoms with E-state index < -0.39 is 0 Å². The molecule has 1 aliphatic carbocycles. The molecule has 2 amide bonds. The number of thiophene rings is 1. The number of para-hydroxylation sites is 1. The predicted octanol–water partition coefficient (Wildman–Crippen LogP) is 5.39. The molecule has 0 spiro atoms. The molecule has 2 heterocycles. The quantitative estimate of drug-likeness (QED) is 0.609. The van der Waals surface area contributed by atoms with Crippen molar-refractivity contribution in [2.24, 2.45) is 0 Å². The number of hydrogen-bond donors (Lipinski definition) is 1. The molecule has 5 nitrogen and oxygen atoms in total. The zero-order valence-electron chi connectivity index (χ0n) is 16.3. The Labute approximate surface area is 178 Å². The maximum Gasteiger partial charge on any atom is 0.268 e. The summed E-state index contributed by atoms with van der Waals surface area (Å²) in [4.78, 5) is 33.9. The fraction of sp³-hybridized carbons (Fsp3) is 0.318. The minimum Gasteiger partial charge on any atom is -0.310 e. The summed E-state index contributed by atoms with van der Waals surface area (Å²) in [6.45, 7) is 0. The molecule has 2 aromatic heterocycles. The monoisotopic (exact) mass is 425 g/mol. The van der Waals surface area contributed by atoms with E-state index in [2.05, 4.69) is 10.3 Å². The number of aromatic nitrogens is 1. The molecule has 4 rings (SSSR count). The van der Waals surface area contributed by atoms with E-state index >= 15 is 0 Å². The number of benzene rings is 1. The molecule has 0 saturated heterocycles. The van der Waals surface area contributed by atoms with Crippen LogP contribution in [0, 0.1) is 0 Å². The lowest BCUT2D eigenvalue weighted by atomic mass is 10.0. The minimum absolute atomic E-state index is 0.127. The molecule has 0 saturated carbocycles. The van der Waals surface area contributed by atoms with E-state index in [0.717, 1.165) is 25.0 Å². The summed E-state index contributed by atoms with van der Waals surface area (Å²) in [5.74, 6) is -0.370. The highest BCUT2D eigenvalue weighted by Crippen LogP contribution is 2.30. The first-order valence-electron chi connectivity index (χ1n) is 9.84. The van der Waals surface area contributed by atoms with Gasteiger partial charge in [0.05, 0.1) is 21.8 Å². The van der Waals surface area contributed by atoms with Gasteiger partial charge in [-0.15, -0.1) is 22.7 Å². The van der Waals surface area contributed by atoms with E-state index in [1.807, 2.05) is 23.6 Å². The zero-order valence-corrected chi connectivity index (χ0v) is 17.9. The maximum atomic E-state index is 13.0. The number of carbonyl (C=O) groups is 2. The third-order valence-electron chi connectivity index (χ3n) is 5.11. The van der Waals surface area contributed by atoms with Crippen molar-refractivity contribution in [2.45, 2.75) is 38.5 Å². The number of amides is 2. The van der Waals surface area contributed by atoms with E-state index in [1.54, 1.807) is 36.6 Å². The van der Waals surface area contributed by atoms with Crippen LogP contribution in [-0.4, -0.2) is 23.8 Å². The second kappa shape index (κ2) is 8.88. The van der Waals surface area contributed by atoms with Crippen LogP contribution < -0.4 is 10.2 Å². The van der Waals surface area contributed by atoms with E-state index in [9.17, 15) is 9.59 Å². The van der Waals surface area contributed by atoms with Gasteiger partial charge in [0.2, 0.25) is 0 Å². The van der Waals surface area contributed by atoms with Gasteiger partial charge in [-0.25, -0.2) is 4.98 Å². The Balaban J connectivity index is 1.55. The van der Waals surface area contributed by atoms with Crippen LogP contribution in [0.4, 0.5) is 10.8 Å². The van der Waals surface area contributed by atoms with Crippen LogP contribution in [0.5, 0.6) is 0 Å². The number of fused-ring (bicyclic) bond motifs is 1. The van der Waals surface area contributed by atoms with Crippen LogP contribution in [0.2, 0.25) is 0 Å². The van der Waals surface area contributed by atoms with Gasteiger partial charge in [0.1, 0.15) is 0 Å². The lowest BCUT2D eigenvalue weighted by Gasteiger charge is -2.19. The van der Waals surface area contributed by atoms with Crippen LogP contribution in [0.25, 0.3) is 0 Å². The first kappa shape index (κ1) is 19.8. The van der Waals surface area contributed by atoms with Crippen molar-refractivity contribution < 1.29 is 9.59 Å². The van der Waals surface area contributed by atoms with Gasteiger partial charge in [0.25, 0.3) is 11.8 Å². The van der Waals surface area contributed by atoms with Crippen molar-refractivity contribution in [3.05, 3.63) is 62.8 Å². The number of rotatable bonds is 4. The molecule has 0 atom stereocenters. The Morgan fingerprint density at radius 2 is 1.83 bits per heavy atom. The van der Waals surface area contributed by atoms with Crippen molar-refractivity contribution in [3.63, 3.8) is 0 Å². The van der Waals surface area contributed by atoms with Crippen LogP contribution in [0.15, 0.2) is 41.8 Å². The first-order valence-corrected chi connectivity index (χ1v) is 11.5. The number of nitrogens with one attached hydrogen (secondary N) is 1. The fourth-order valence-corrected chi connectivity index (χ4v) is 5.30. The van der Waals surface area contributed by atoms with Gasteiger partial charge in [0, 0.05) is 11.9 Å². The van der Waals surface area contributed by atoms with Crippen molar-refractivity contribution in [3.8, 4) is 0 Å². The number of anilines is 2. The van der Waals surface area contributed by atoms with E-state index in [0.29, 0.717) is 21.3 Å².